The molecule has 0 saturated carbocycles. The lowest BCUT2D eigenvalue weighted by Gasteiger charge is -2.29. The molecule has 154 valence electrons. The number of amides is 2. The Balaban J connectivity index is 1.37. The van der Waals surface area contributed by atoms with Crippen LogP contribution in [-0.4, -0.2) is 57.5 Å². The molecule has 4 rings (SSSR count). The van der Waals surface area contributed by atoms with Crippen molar-refractivity contribution in [2.45, 2.75) is 6.10 Å². The Labute approximate surface area is 174 Å². The van der Waals surface area contributed by atoms with E-state index in [2.05, 4.69) is 21.2 Å². The summed E-state index contributed by atoms with van der Waals surface area (Å²) >= 11 is 3.13. The summed E-state index contributed by atoms with van der Waals surface area (Å²) in [5.74, 6) is -0.665. The van der Waals surface area contributed by atoms with Crippen LogP contribution in [0.1, 0.15) is 10.6 Å². The van der Waals surface area contributed by atoms with Crippen LogP contribution in [0.2, 0.25) is 0 Å². The second-order valence-electron chi connectivity index (χ2n) is 6.67. The minimum Gasteiger partial charge on any atom is -0.444 e. The number of furan rings is 1. The zero-order valence-electron chi connectivity index (χ0n) is 15.4. The zero-order valence-corrected chi connectivity index (χ0v) is 17.0. The Bertz CT molecular complexity index is 915. The zero-order chi connectivity index (χ0) is 20.4. The number of rotatable bonds is 5. The summed E-state index contributed by atoms with van der Waals surface area (Å²) in [5.41, 5.74) is 0.895. The van der Waals surface area contributed by atoms with E-state index in [-0.39, 0.29) is 18.8 Å². The van der Waals surface area contributed by atoms with E-state index >= 15 is 0 Å². The molecule has 1 N–H and O–H groups in total. The summed E-state index contributed by atoms with van der Waals surface area (Å²) in [4.78, 5) is 27.5. The van der Waals surface area contributed by atoms with Crippen LogP contribution in [0.25, 0.3) is 0 Å². The first-order chi connectivity index (χ1) is 14.0. The van der Waals surface area contributed by atoms with Gasteiger partial charge in [0.25, 0.3) is 5.91 Å². The summed E-state index contributed by atoms with van der Waals surface area (Å²) in [6, 6.07) is 7.82. The van der Waals surface area contributed by atoms with Crippen molar-refractivity contribution in [1.82, 2.24) is 5.32 Å². The number of halogens is 2. The van der Waals surface area contributed by atoms with E-state index in [1.165, 1.54) is 17.0 Å². The Morgan fingerprint density at radius 2 is 2.03 bits per heavy atom. The second-order valence-corrected chi connectivity index (χ2v) is 7.45. The number of cyclic esters (lactones) is 1. The monoisotopic (exact) mass is 467 g/mol. The van der Waals surface area contributed by atoms with Crippen LogP contribution in [0.15, 0.2) is 39.4 Å². The quantitative estimate of drug-likeness (QED) is 0.727. The molecule has 1 atom stereocenters. The first-order valence-electron chi connectivity index (χ1n) is 9.15. The van der Waals surface area contributed by atoms with Gasteiger partial charge >= 0.3 is 6.09 Å². The van der Waals surface area contributed by atoms with Gasteiger partial charge in [0.1, 0.15) is 11.9 Å². The molecule has 2 amide bonds. The Kier molecular flexibility index (Phi) is 5.72. The smallest absolute Gasteiger partial charge is 0.414 e. The minimum atomic E-state index is -0.580. The van der Waals surface area contributed by atoms with Crippen molar-refractivity contribution in [3.63, 3.8) is 0 Å². The molecule has 0 spiro atoms. The molecule has 29 heavy (non-hydrogen) atoms. The molecule has 2 aliphatic heterocycles. The van der Waals surface area contributed by atoms with E-state index in [1.807, 2.05) is 4.90 Å². The van der Waals surface area contributed by atoms with Gasteiger partial charge in [-0.15, -0.1) is 0 Å². The maximum atomic E-state index is 14.6. The number of carbonyl (C=O) groups excluding carboxylic acids is 2. The maximum Gasteiger partial charge on any atom is 0.414 e. The number of benzene rings is 1. The SMILES string of the molecule is O=C(NC[C@H]1CN(c2ccc(N3CCOCC3)c(F)c2)C(=O)O1)c1ccc(Br)o1. The molecule has 8 nitrogen and oxygen atoms in total. The van der Waals surface area contributed by atoms with Crippen molar-refractivity contribution in [3.8, 4) is 0 Å². The number of carbonyl (C=O) groups is 2. The predicted molar refractivity (Wildman–Crippen MR) is 106 cm³/mol. The highest BCUT2D eigenvalue weighted by molar-refractivity contribution is 9.10. The van der Waals surface area contributed by atoms with E-state index in [1.54, 1.807) is 18.2 Å². The third-order valence-electron chi connectivity index (χ3n) is 4.76. The molecule has 1 aromatic carbocycles. The van der Waals surface area contributed by atoms with Crippen molar-refractivity contribution in [2.24, 2.45) is 0 Å². The largest absolute Gasteiger partial charge is 0.444 e. The Morgan fingerprint density at radius 3 is 2.72 bits per heavy atom. The third-order valence-corrected chi connectivity index (χ3v) is 5.18. The lowest BCUT2D eigenvalue weighted by molar-refractivity contribution is 0.0888. The molecule has 0 aliphatic carbocycles. The fourth-order valence-corrected chi connectivity index (χ4v) is 3.60. The van der Waals surface area contributed by atoms with Gasteiger partial charge < -0.3 is 24.1 Å². The molecule has 0 bridgehead atoms. The van der Waals surface area contributed by atoms with Gasteiger partial charge in [0, 0.05) is 13.1 Å². The fourth-order valence-electron chi connectivity index (χ4n) is 3.29. The first kappa shape index (κ1) is 19.7. The van der Waals surface area contributed by atoms with Gasteiger partial charge in [0.2, 0.25) is 0 Å². The van der Waals surface area contributed by atoms with Gasteiger partial charge in [0.15, 0.2) is 10.4 Å². The number of nitrogens with one attached hydrogen (secondary N) is 1. The summed E-state index contributed by atoms with van der Waals surface area (Å²) in [6.07, 6.45) is -1.13. The normalized spacial score (nSPS) is 19.4. The molecule has 2 aromatic rings. The molecule has 1 aromatic heterocycles. The Hall–Kier alpha value is -2.59. The van der Waals surface area contributed by atoms with E-state index < -0.39 is 23.9 Å². The first-order valence-corrected chi connectivity index (χ1v) is 9.94. The maximum absolute atomic E-state index is 14.6. The lowest BCUT2D eigenvalue weighted by atomic mass is 10.2. The Morgan fingerprint density at radius 1 is 1.24 bits per heavy atom. The molecule has 2 aliphatic rings. The average Bonchev–Trinajstić information content (AvgIpc) is 3.32. The molecular weight excluding hydrogens is 449 g/mol. The second kappa shape index (κ2) is 8.42. The standard InChI is InChI=1S/C19H19BrFN3O5/c20-17-4-3-16(29-17)18(25)22-10-13-11-24(19(26)28-13)12-1-2-15(14(21)9-12)23-5-7-27-8-6-23/h1-4,9,13H,5-8,10-11H2,(H,22,25)/t13-/m0/s1. The molecule has 2 saturated heterocycles. The molecular formula is C19H19BrFN3O5. The lowest BCUT2D eigenvalue weighted by Crippen LogP contribution is -2.37. The van der Waals surface area contributed by atoms with Gasteiger partial charge in [-0.2, -0.15) is 0 Å². The molecule has 0 radical (unpaired) electrons. The molecule has 10 heteroatoms. The van der Waals surface area contributed by atoms with Crippen molar-refractivity contribution in [1.29, 1.82) is 0 Å². The summed E-state index contributed by atoms with van der Waals surface area (Å²) in [6.45, 7) is 2.68. The predicted octanol–water partition coefficient (Wildman–Crippen LogP) is 2.77. The van der Waals surface area contributed by atoms with Crippen LogP contribution in [0.5, 0.6) is 0 Å². The van der Waals surface area contributed by atoms with Crippen LogP contribution in [-0.2, 0) is 9.47 Å². The van der Waals surface area contributed by atoms with Gasteiger partial charge in [0.05, 0.1) is 37.7 Å². The van der Waals surface area contributed by atoms with Crippen LogP contribution in [0.3, 0.4) is 0 Å². The summed E-state index contributed by atoms with van der Waals surface area (Å²) < 4.78 is 30.8. The van der Waals surface area contributed by atoms with Crippen molar-refractivity contribution in [3.05, 3.63) is 46.6 Å². The van der Waals surface area contributed by atoms with Crippen molar-refractivity contribution >= 4 is 39.3 Å². The van der Waals surface area contributed by atoms with Gasteiger partial charge in [-0.25, -0.2) is 9.18 Å². The minimum absolute atomic E-state index is 0.119. The highest BCUT2D eigenvalue weighted by Gasteiger charge is 2.33. The summed E-state index contributed by atoms with van der Waals surface area (Å²) in [7, 11) is 0. The highest BCUT2D eigenvalue weighted by atomic mass is 79.9. The number of anilines is 2. The molecule has 0 unspecified atom stereocenters. The van der Waals surface area contributed by atoms with Gasteiger partial charge in [-0.3, -0.25) is 9.69 Å². The van der Waals surface area contributed by atoms with E-state index in [9.17, 15) is 14.0 Å². The number of hydrogen-bond acceptors (Lipinski definition) is 6. The number of morpholine rings is 1. The number of nitrogens with zero attached hydrogens (tertiary/aromatic N) is 2. The molecule has 3 heterocycles. The summed E-state index contributed by atoms with van der Waals surface area (Å²) in [5, 5.41) is 2.66. The number of ether oxygens (including phenoxy) is 2. The van der Waals surface area contributed by atoms with Crippen molar-refractivity contribution in [2.75, 3.05) is 49.2 Å². The van der Waals surface area contributed by atoms with Crippen molar-refractivity contribution < 1.29 is 27.9 Å². The van der Waals surface area contributed by atoms with Crippen LogP contribution in [0.4, 0.5) is 20.6 Å². The van der Waals surface area contributed by atoms with E-state index in [0.29, 0.717) is 42.3 Å². The topological polar surface area (TPSA) is 84.2 Å². The average molecular weight is 468 g/mol. The third kappa shape index (κ3) is 4.38. The van der Waals surface area contributed by atoms with Crippen LogP contribution < -0.4 is 15.1 Å². The molecule has 2 fully saturated rings. The van der Waals surface area contributed by atoms with E-state index in [4.69, 9.17) is 13.9 Å². The van der Waals surface area contributed by atoms with E-state index in [0.717, 1.165) is 0 Å². The van der Waals surface area contributed by atoms with Gasteiger partial charge in [-0.1, -0.05) is 0 Å². The van der Waals surface area contributed by atoms with Crippen LogP contribution >= 0.6 is 15.9 Å². The highest BCUT2D eigenvalue weighted by Crippen LogP contribution is 2.28. The van der Waals surface area contributed by atoms with Gasteiger partial charge in [-0.05, 0) is 46.3 Å². The van der Waals surface area contributed by atoms with Crippen LogP contribution in [0, 0.1) is 5.82 Å². The number of hydrogen-bond donors (Lipinski definition) is 1. The fraction of sp³-hybridized carbons (Fsp3) is 0.368.